The fourth-order valence-corrected chi connectivity index (χ4v) is 4.01. The number of benzene rings is 3. The number of nitrogens with one attached hydrogen (secondary N) is 1. The van der Waals surface area contributed by atoms with Crippen LogP contribution in [-0.4, -0.2) is 11.8 Å². The number of aryl methyl sites for hydroxylation is 3. The van der Waals surface area contributed by atoms with Gasteiger partial charge in [0.05, 0.1) is 11.3 Å². The third kappa shape index (κ3) is 4.34. The van der Waals surface area contributed by atoms with Crippen LogP contribution in [-0.2, 0) is 15.0 Å². The molecule has 1 heterocycles. The van der Waals surface area contributed by atoms with Crippen molar-refractivity contribution in [2.75, 3.05) is 10.2 Å². The number of imide groups is 1. The van der Waals surface area contributed by atoms with E-state index >= 15 is 0 Å². The van der Waals surface area contributed by atoms with E-state index in [0.717, 1.165) is 27.9 Å². The van der Waals surface area contributed by atoms with Crippen LogP contribution in [0.2, 0.25) is 0 Å². The molecular formula is C29H30N2O2. The van der Waals surface area contributed by atoms with Gasteiger partial charge in [-0.2, -0.15) is 0 Å². The highest BCUT2D eigenvalue weighted by atomic mass is 16.2. The van der Waals surface area contributed by atoms with Crippen LogP contribution in [0.4, 0.5) is 11.4 Å². The molecule has 33 heavy (non-hydrogen) atoms. The Labute approximate surface area is 195 Å². The van der Waals surface area contributed by atoms with E-state index < -0.39 is 0 Å². The summed E-state index contributed by atoms with van der Waals surface area (Å²) in [5.41, 5.74) is 7.20. The van der Waals surface area contributed by atoms with Gasteiger partial charge >= 0.3 is 0 Å². The average Bonchev–Trinajstić information content (AvgIpc) is 2.99. The third-order valence-corrected chi connectivity index (χ3v) is 6.16. The summed E-state index contributed by atoms with van der Waals surface area (Å²) < 4.78 is 0. The summed E-state index contributed by atoms with van der Waals surface area (Å²) in [6.45, 7) is 12.5. The first kappa shape index (κ1) is 22.5. The lowest BCUT2D eigenvalue weighted by Gasteiger charge is -2.19. The maximum atomic E-state index is 13.6. The SMILES string of the molecule is Cc1cccc(N2C(=O)C(Nc3ccc(C(C)(C)C)cc3)=C(c3ccc(C)c(C)c3)C2=O)c1. The summed E-state index contributed by atoms with van der Waals surface area (Å²) in [6.07, 6.45) is 0. The second kappa shape index (κ2) is 8.36. The molecule has 0 radical (unpaired) electrons. The molecule has 1 N–H and O–H groups in total. The Morgan fingerprint density at radius 1 is 0.758 bits per heavy atom. The zero-order chi connectivity index (χ0) is 23.9. The number of amides is 2. The van der Waals surface area contributed by atoms with Crippen molar-refractivity contribution in [3.8, 4) is 0 Å². The molecule has 0 fully saturated rings. The van der Waals surface area contributed by atoms with Gasteiger partial charge in [-0.05, 0) is 78.3 Å². The van der Waals surface area contributed by atoms with Crippen molar-refractivity contribution in [3.63, 3.8) is 0 Å². The second-order valence-corrected chi connectivity index (χ2v) is 9.79. The maximum Gasteiger partial charge on any atom is 0.282 e. The third-order valence-electron chi connectivity index (χ3n) is 6.16. The number of carbonyl (C=O) groups excluding carboxylic acids is 2. The topological polar surface area (TPSA) is 49.4 Å². The minimum atomic E-state index is -0.348. The van der Waals surface area contributed by atoms with Crippen molar-refractivity contribution in [1.29, 1.82) is 0 Å². The van der Waals surface area contributed by atoms with Gasteiger partial charge in [-0.15, -0.1) is 0 Å². The van der Waals surface area contributed by atoms with Crippen LogP contribution in [0.1, 0.15) is 48.6 Å². The van der Waals surface area contributed by atoms with E-state index in [2.05, 4.69) is 38.2 Å². The van der Waals surface area contributed by atoms with E-state index in [1.54, 1.807) is 6.07 Å². The smallest absolute Gasteiger partial charge is 0.282 e. The van der Waals surface area contributed by atoms with Crippen LogP contribution < -0.4 is 10.2 Å². The summed E-state index contributed by atoms with van der Waals surface area (Å²) in [5.74, 6) is -0.665. The van der Waals surface area contributed by atoms with E-state index in [1.807, 2.05) is 69.3 Å². The molecular weight excluding hydrogens is 408 g/mol. The van der Waals surface area contributed by atoms with Crippen molar-refractivity contribution in [1.82, 2.24) is 0 Å². The second-order valence-electron chi connectivity index (χ2n) is 9.79. The lowest BCUT2D eigenvalue weighted by atomic mass is 9.87. The first-order valence-corrected chi connectivity index (χ1v) is 11.2. The summed E-state index contributed by atoms with van der Waals surface area (Å²) in [6, 6.07) is 21.3. The molecule has 2 amide bonds. The Bertz CT molecular complexity index is 1280. The van der Waals surface area contributed by atoms with E-state index in [9.17, 15) is 9.59 Å². The summed E-state index contributed by atoms with van der Waals surface area (Å²) in [7, 11) is 0. The molecule has 3 aromatic carbocycles. The lowest BCUT2D eigenvalue weighted by molar-refractivity contribution is -0.120. The van der Waals surface area contributed by atoms with E-state index in [0.29, 0.717) is 17.0 Å². The molecule has 168 valence electrons. The minimum Gasteiger partial charge on any atom is -0.350 e. The number of hydrogen-bond acceptors (Lipinski definition) is 3. The van der Waals surface area contributed by atoms with Gasteiger partial charge in [0.2, 0.25) is 0 Å². The Kier molecular flexibility index (Phi) is 5.71. The molecule has 0 saturated carbocycles. The highest BCUT2D eigenvalue weighted by molar-refractivity contribution is 6.46. The lowest BCUT2D eigenvalue weighted by Crippen LogP contribution is -2.32. The first-order valence-electron chi connectivity index (χ1n) is 11.2. The number of rotatable bonds is 4. The van der Waals surface area contributed by atoms with Gasteiger partial charge < -0.3 is 5.32 Å². The Hall–Kier alpha value is -3.66. The van der Waals surface area contributed by atoms with Crippen LogP contribution >= 0.6 is 0 Å². The molecule has 1 aliphatic rings. The molecule has 4 rings (SSSR count). The standard InChI is InChI=1S/C29H30N2O2/c1-18-8-7-9-24(16-18)31-27(32)25(21-11-10-19(2)20(3)17-21)26(28(31)33)30-23-14-12-22(13-15-23)29(4,5)6/h7-17,30H,1-6H3. The Balaban J connectivity index is 1.80. The van der Waals surface area contributed by atoms with Gasteiger partial charge in [0.15, 0.2) is 0 Å². The van der Waals surface area contributed by atoms with Gasteiger partial charge in [-0.25, -0.2) is 4.90 Å². The zero-order valence-corrected chi connectivity index (χ0v) is 20.1. The molecule has 4 nitrogen and oxygen atoms in total. The maximum absolute atomic E-state index is 13.6. The molecule has 3 aromatic rings. The van der Waals surface area contributed by atoms with Crippen molar-refractivity contribution < 1.29 is 9.59 Å². The normalized spacial score (nSPS) is 14.3. The number of carbonyl (C=O) groups is 2. The summed E-state index contributed by atoms with van der Waals surface area (Å²) in [4.78, 5) is 28.5. The van der Waals surface area contributed by atoms with Crippen LogP contribution in [0, 0.1) is 20.8 Å². The van der Waals surface area contributed by atoms with Crippen LogP contribution in [0.3, 0.4) is 0 Å². The van der Waals surface area contributed by atoms with Crippen molar-refractivity contribution in [3.05, 3.63) is 100 Å². The Morgan fingerprint density at radius 2 is 1.45 bits per heavy atom. The predicted octanol–water partition coefficient (Wildman–Crippen LogP) is 6.31. The monoisotopic (exact) mass is 438 g/mol. The van der Waals surface area contributed by atoms with Crippen molar-refractivity contribution in [2.45, 2.75) is 47.0 Å². The summed E-state index contributed by atoms with van der Waals surface area (Å²) >= 11 is 0. The number of hydrogen-bond donors (Lipinski definition) is 1. The van der Waals surface area contributed by atoms with Crippen LogP contribution in [0.15, 0.2) is 72.4 Å². The molecule has 0 aliphatic carbocycles. The first-order chi connectivity index (χ1) is 15.6. The molecule has 0 aromatic heterocycles. The highest BCUT2D eigenvalue weighted by Gasteiger charge is 2.40. The van der Waals surface area contributed by atoms with Gasteiger partial charge in [-0.1, -0.05) is 63.2 Å². The fourth-order valence-electron chi connectivity index (χ4n) is 4.01. The fraction of sp³-hybridized carbons (Fsp3) is 0.241. The van der Waals surface area contributed by atoms with E-state index in [-0.39, 0.29) is 17.2 Å². The molecule has 0 unspecified atom stereocenters. The Morgan fingerprint density at radius 3 is 2.06 bits per heavy atom. The molecule has 0 atom stereocenters. The largest absolute Gasteiger partial charge is 0.350 e. The van der Waals surface area contributed by atoms with E-state index in [4.69, 9.17) is 0 Å². The number of anilines is 2. The highest BCUT2D eigenvalue weighted by Crippen LogP contribution is 2.35. The average molecular weight is 439 g/mol. The molecule has 0 spiro atoms. The summed E-state index contributed by atoms with van der Waals surface area (Å²) in [5, 5.41) is 3.26. The van der Waals surface area contributed by atoms with Crippen molar-refractivity contribution in [2.24, 2.45) is 0 Å². The quantitative estimate of drug-likeness (QED) is 0.486. The molecule has 0 saturated heterocycles. The molecule has 0 bridgehead atoms. The number of nitrogens with zero attached hydrogens (tertiary/aromatic N) is 1. The van der Waals surface area contributed by atoms with Gasteiger partial charge in [0.1, 0.15) is 5.70 Å². The van der Waals surface area contributed by atoms with E-state index in [1.165, 1.54) is 10.5 Å². The minimum absolute atomic E-state index is 0.0312. The van der Waals surface area contributed by atoms with Gasteiger partial charge in [0.25, 0.3) is 11.8 Å². The molecule has 4 heteroatoms. The molecule has 1 aliphatic heterocycles. The van der Waals surface area contributed by atoms with Crippen LogP contribution in [0.25, 0.3) is 5.57 Å². The van der Waals surface area contributed by atoms with Crippen LogP contribution in [0.5, 0.6) is 0 Å². The van der Waals surface area contributed by atoms with Gasteiger partial charge in [-0.3, -0.25) is 9.59 Å². The van der Waals surface area contributed by atoms with Crippen molar-refractivity contribution >= 4 is 28.8 Å². The zero-order valence-electron chi connectivity index (χ0n) is 20.1. The van der Waals surface area contributed by atoms with Gasteiger partial charge in [0, 0.05) is 5.69 Å². The predicted molar refractivity (Wildman–Crippen MR) is 135 cm³/mol.